The standard InChI is InChI=1S/C18H25NO3/c1-14(12-15-8-4-2-5-9-15)17(22-13-20)18(21)19-16-10-6-3-7-11-16/h2,4-5,8-9,12,16-17,20H,3,6-7,10-11,13H2,1H3,(H,19,21)/b14-12+. The molecule has 1 atom stereocenters. The smallest absolute Gasteiger partial charge is 0.253 e. The van der Waals surface area contributed by atoms with Crippen molar-refractivity contribution in [1.82, 2.24) is 5.32 Å². The lowest BCUT2D eigenvalue weighted by Gasteiger charge is -2.25. The molecule has 1 aliphatic carbocycles. The van der Waals surface area contributed by atoms with Crippen LogP contribution in [0.1, 0.15) is 44.6 Å². The summed E-state index contributed by atoms with van der Waals surface area (Å²) in [7, 11) is 0. The Kier molecular flexibility index (Phi) is 6.62. The Hall–Kier alpha value is -1.65. The third kappa shape index (κ3) is 4.97. The highest BCUT2D eigenvalue weighted by Crippen LogP contribution is 2.19. The van der Waals surface area contributed by atoms with Gasteiger partial charge in [0.25, 0.3) is 5.91 Å². The molecule has 120 valence electrons. The topological polar surface area (TPSA) is 58.6 Å². The van der Waals surface area contributed by atoms with Gasteiger partial charge >= 0.3 is 0 Å². The quantitative estimate of drug-likeness (QED) is 0.795. The summed E-state index contributed by atoms with van der Waals surface area (Å²) >= 11 is 0. The van der Waals surface area contributed by atoms with Crippen LogP contribution in [-0.2, 0) is 9.53 Å². The molecule has 0 bridgehead atoms. The molecule has 4 heteroatoms. The SMILES string of the molecule is C/C(=C\c1ccccc1)C(OCO)C(=O)NC1CCCCC1. The fraction of sp³-hybridized carbons (Fsp3) is 0.500. The van der Waals surface area contributed by atoms with Crippen LogP contribution in [0.5, 0.6) is 0 Å². The molecule has 22 heavy (non-hydrogen) atoms. The van der Waals surface area contributed by atoms with Gasteiger partial charge in [-0.15, -0.1) is 0 Å². The summed E-state index contributed by atoms with van der Waals surface area (Å²) in [5.74, 6) is -0.161. The second-order valence-corrected chi connectivity index (χ2v) is 5.82. The van der Waals surface area contributed by atoms with Gasteiger partial charge in [0.1, 0.15) is 6.79 Å². The first-order valence-electron chi connectivity index (χ1n) is 7.97. The van der Waals surface area contributed by atoms with Crippen molar-refractivity contribution in [2.75, 3.05) is 6.79 Å². The van der Waals surface area contributed by atoms with E-state index in [4.69, 9.17) is 9.84 Å². The predicted molar refractivity (Wildman–Crippen MR) is 87.1 cm³/mol. The van der Waals surface area contributed by atoms with Gasteiger partial charge in [-0.25, -0.2) is 0 Å². The monoisotopic (exact) mass is 303 g/mol. The lowest BCUT2D eigenvalue weighted by molar-refractivity contribution is -0.137. The molecule has 4 nitrogen and oxygen atoms in total. The number of carbonyl (C=O) groups excluding carboxylic acids is 1. The fourth-order valence-electron chi connectivity index (χ4n) is 2.90. The van der Waals surface area contributed by atoms with Crippen LogP contribution in [0.4, 0.5) is 0 Å². The van der Waals surface area contributed by atoms with E-state index in [0.29, 0.717) is 0 Å². The highest BCUT2D eigenvalue weighted by molar-refractivity contribution is 5.85. The minimum atomic E-state index is -0.743. The number of benzene rings is 1. The van der Waals surface area contributed by atoms with E-state index in [1.165, 1.54) is 6.42 Å². The summed E-state index contributed by atoms with van der Waals surface area (Å²) < 4.78 is 5.25. The molecule has 1 aliphatic rings. The first kappa shape index (κ1) is 16.7. The Bertz CT molecular complexity index is 492. The van der Waals surface area contributed by atoms with E-state index in [9.17, 15) is 4.79 Å². The highest BCUT2D eigenvalue weighted by Gasteiger charge is 2.24. The molecule has 1 unspecified atom stereocenters. The van der Waals surface area contributed by atoms with Gasteiger partial charge < -0.3 is 15.2 Å². The first-order chi connectivity index (χ1) is 10.7. The number of amides is 1. The minimum Gasteiger partial charge on any atom is -0.371 e. The highest BCUT2D eigenvalue weighted by atomic mass is 16.6. The Morgan fingerprint density at radius 2 is 2.00 bits per heavy atom. The zero-order chi connectivity index (χ0) is 15.8. The molecule has 0 heterocycles. The molecule has 0 saturated heterocycles. The van der Waals surface area contributed by atoms with Gasteiger partial charge in [-0.3, -0.25) is 4.79 Å². The molecule has 1 saturated carbocycles. The molecule has 1 aromatic rings. The molecule has 1 aromatic carbocycles. The van der Waals surface area contributed by atoms with E-state index < -0.39 is 12.9 Å². The van der Waals surface area contributed by atoms with E-state index in [0.717, 1.165) is 36.8 Å². The van der Waals surface area contributed by atoms with E-state index >= 15 is 0 Å². The van der Waals surface area contributed by atoms with Crippen LogP contribution in [0.3, 0.4) is 0 Å². The average Bonchev–Trinajstić information content (AvgIpc) is 2.54. The van der Waals surface area contributed by atoms with Crippen LogP contribution < -0.4 is 5.32 Å². The Morgan fingerprint density at radius 1 is 1.32 bits per heavy atom. The number of aliphatic hydroxyl groups excluding tert-OH is 1. The van der Waals surface area contributed by atoms with Gasteiger partial charge in [0, 0.05) is 6.04 Å². The van der Waals surface area contributed by atoms with Gasteiger partial charge in [0.15, 0.2) is 6.10 Å². The van der Waals surface area contributed by atoms with Crippen molar-refractivity contribution in [3.63, 3.8) is 0 Å². The van der Waals surface area contributed by atoms with Gasteiger partial charge in [-0.2, -0.15) is 0 Å². The van der Waals surface area contributed by atoms with Crippen LogP contribution in [-0.4, -0.2) is 30.0 Å². The Morgan fingerprint density at radius 3 is 2.64 bits per heavy atom. The molecule has 0 spiro atoms. The number of ether oxygens (including phenoxy) is 1. The fourth-order valence-corrected chi connectivity index (χ4v) is 2.90. The van der Waals surface area contributed by atoms with Crippen LogP contribution in [0.25, 0.3) is 6.08 Å². The minimum absolute atomic E-state index is 0.161. The summed E-state index contributed by atoms with van der Waals surface area (Å²) in [5, 5.41) is 12.1. The van der Waals surface area contributed by atoms with Gasteiger partial charge in [-0.1, -0.05) is 55.7 Å². The predicted octanol–water partition coefficient (Wildman–Crippen LogP) is 2.87. The molecule has 0 aromatic heterocycles. The molecule has 0 aliphatic heterocycles. The van der Waals surface area contributed by atoms with Crippen molar-refractivity contribution < 1.29 is 14.6 Å². The third-order valence-electron chi connectivity index (χ3n) is 4.04. The molecule has 0 radical (unpaired) electrons. The largest absolute Gasteiger partial charge is 0.371 e. The molecule has 1 fully saturated rings. The van der Waals surface area contributed by atoms with E-state index in [2.05, 4.69) is 5.32 Å². The number of hydrogen-bond donors (Lipinski definition) is 2. The summed E-state index contributed by atoms with van der Waals surface area (Å²) in [5.41, 5.74) is 1.80. The number of carbonyl (C=O) groups is 1. The van der Waals surface area contributed by atoms with Crippen molar-refractivity contribution in [3.8, 4) is 0 Å². The summed E-state index contributed by atoms with van der Waals surface area (Å²) in [6.45, 7) is 1.39. The van der Waals surface area contributed by atoms with Crippen molar-refractivity contribution in [3.05, 3.63) is 41.5 Å². The normalized spacial score (nSPS) is 18.0. The lowest BCUT2D eigenvalue weighted by Crippen LogP contribution is -2.43. The first-order valence-corrected chi connectivity index (χ1v) is 7.97. The van der Waals surface area contributed by atoms with Crippen molar-refractivity contribution in [2.24, 2.45) is 0 Å². The van der Waals surface area contributed by atoms with E-state index in [-0.39, 0.29) is 11.9 Å². The zero-order valence-electron chi connectivity index (χ0n) is 13.1. The van der Waals surface area contributed by atoms with Gasteiger partial charge in [-0.05, 0) is 30.9 Å². The van der Waals surface area contributed by atoms with Crippen LogP contribution in [0.15, 0.2) is 35.9 Å². The van der Waals surface area contributed by atoms with Crippen molar-refractivity contribution >= 4 is 12.0 Å². The zero-order valence-corrected chi connectivity index (χ0v) is 13.1. The second kappa shape index (κ2) is 8.71. The number of hydrogen-bond acceptors (Lipinski definition) is 3. The molecular weight excluding hydrogens is 278 g/mol. The van der Waals surface area contributed by atoms with Gasteiger partial charge in [0.2, 0.25) is 0 Å². The average molecular weight is 303 g/mol. The van der Waals surface area contributed by atoms with E-state index in [1.54, 1.807) is 0 Å². The maximum Gasteiger partial charge on any atom is 0.253 e. The van der Waals surface area contributed by atoms with E-state index in [1.807, 2.05) is 43.3 Å². The third-order valence-corrected chi connectivity index (χ3v) is 4.04. The maximum atomic E-state index is 12.4. The number of rotatable bonds is 6. The van der Waals surface area contributed by atoms with Gasteiger partial charge in [0.05, 0.1) is 0 Å². The van der Waals surface area contributed by atoms with Crippen LogP contribution in [0.2, 0.25) is 0 Å². The summed E-state index contributed by atoms with van der Waals surface area (Å²) in [6, 6.07) is 10.0. The molecular formula is C18H25NO3. The summed E-state index contributed by atoms with van der Waals surface area (Å²) in [6.07, 6.45) is 6.80. The van der Waals surface area contributed by atoms with Crippen molar-refractivity contribution in [1.29, 1.82) is 0 Å². The Balaban J connectivity index is 2.04. The Labute approximate surface area is 132 Å². The summed E-state index contributed by atoms with van der Waals surface area (Å²) in [4.78, 5) is 12.4. The lowest BCUT2D eigenvalue weighted by atomic mass is 9.95. The number of aliphatic hydroxyl groups is 1. The van der Waals surface area contributed by atoms with Crippen LogP contribution >= 0.6 is 0 Å². The maximum absolute atomic E-state index is 12.4. The second-order valence-electron chi connectivity index (χ2n) is 5.82. The molecule has 2 N–H and O–H groups in total. The molecule has 2 rings (SSSR count). The van der Waals surface area contributed by atoms with Crippen molar-refractivity contribution in [2.45, 2.75) is 51.2 Å². The van der Waals surface area contributed by atoms with Crippen LogP contribution in [0, 0.1) is 0 Å². The molecule has 1 amide bonds. The number of nitrogens with one attached hydrogen (secondary N) is 1.